The standard InChI is InChI=1S/C17H28N4/c1-3-18-14(2)16-8-4-9-19-17(16)21-12-6-11-20-10-5-7-15(20)13-21/h4,8-9,14-15,18H,3,5-7,10-13H2,1-2H3. The third-order valence-corrected chi connectivity index (χ3v) is 4.90. The third-order valence-electron chi connectivity index (χ3n) is 4.90. The van der Waals surface area contributed by atoms with Gasteiger partial charge in [-0.05, 0) is 45.3 Å². The second-order valence-electron chi connectivity index (χ2n) is 6.33. The quantitative estimate of drug-likeness (QED) is 0.922. The Morgan fingerprint density at radius 2 is 2.19 bits per heavy atom. The molecule has 0 saturated carbocycles. The van der Waals surface area contributed by atoms with E-state index in [0.29, 0.717) is 6.04 Å². The second kappa shape index (κ2) is 6.75. The van der Waals surface area contributed by atoms with E-state index in [4.69, 9.17) is 4.98 Å². The van der Waals surface area contributed by atoms with Gasteiger partial charge in [-0.2, -0.15) is 0 Å². The summed E-state index contributed by atoms with van der Waals surface area (Å²) in [6.45, 7) is 10.2. The van der Waals surface area contributed by atoms with Crippen LogP contribution in [0.4, 0.5) is 5.82 Å². The Bertz CT molecular complexity index is 462. The number of anilines is 1. The first-order chi connectivity index (χ1) is 10.3. The van der Waals surface area contributed by atoms with E-state index in [0.717, 1.165) is 25.7 Å². The fourth-order valence-electron chi connectivity index (χ4n) is 3.83. The molecule has 0 spiro atoms. The average Bonchev–Trinajstić information content (AvgIpc) is 2.84. The van der Waals surface area contributed by atoms with Crippen molar-refractivity contribution >= 4 is 5.82 Å². The zero-order valence-corrected chi connectivity index (χ0v) is 13.4. The van der Waals surface area contributed by atoms with Gasteiger partial charge in [-0.25, -0.2) is 4.98 Å². The SMILES string of the molecule is CCNC(C)c1cccnc1N1CCCN2CCCC2C1. The van der Waals surface area contributed by atoms with Crippen LogP contribution in [-0.4, -0.2) is 48.6 Å². The van der Waals surface area contributed by atoms with E-state index in [-0.39, 0.29) is 0 Å². The Labute approximate surface area is 128 Å². The molecule has 3 heterocycles. The van der Waals surface area contributed by atoms with Gasteiger partial charge in [0.05, 0.1) is 0 Å². The predicted molar refractivity (Wildman–Crippen MR) is 87.8 cm³/mol. The molecule has 1 N–H and O–H groups in total. The molecule has 2 saturated heterocycles. The number of nitrogens with one attached hydrogen (secondary N) is 1. The number of fused-ring (bicyclic) bond motifs is 1. The van der Waals surface area contributed by atoms with Crippen LogP contribution in [0.25, 0.3) is 0 Å². The molecular formula is C17H28N4. The van der Waals surface area contributed by atoms with Crippen molar-refractivity contribution in [2.45, 2.75) is 45.2 Å². The Hall–Kier alpha value is -1.13. The van der Waals surface area contributed by atoms with E-state index in [1.807, 2.05) is 6.20 Å². The van der Waals surface area contributed by atoms with E-state index in [2.05, 4.69) is 41.1 Å². The first kappa shape index (κ1) is 14.8. The molecule has 4 nitrogen and oxygen atoms in total. The predicted octanol–water partition coefficient (Wildman–Crippen LogP) is 2.43. The van der Waals surface area contributed by atoms with E-state index in [9.17, 15) is 0 Å². The summed E-state index contributed by atoms with van der Waals surface area (Å²) in [5.74, 6) is 1.19. The molecule has 1 aromatic rings. The van der Waals surface area contributed by atoms with Crippen LogP contribution in [0.2, 0.25) is 0 Å². The van der Waals surface area contributed by atoms with Gasteiger partial charge >= 0.3 is 0 Å². The van der Waals surface area contributed by atoms with Crippen LogP contribution in [0.1, 0.15) is 44.7 Å². The Balaban J connectivity index is 1.82. The lowest BCUT2D eigenvalue weighted by atomic mass is 10.1. The van der Waals surface area contributed by atoms with Gasteiger partial charge < -0.3 is 10.2 Å². The lowest BCUT2D eigenvalue weighted by molar-refractivity contribution is 0.273. The molecule has 0 radical (unpaired) electrons. The van der Waals surface area contributed by atoms with Crippen LogP contribution in [0, 0.1) is 0 Å². The summed E-state index contributed by atoms with van der Waals surface area (Å²) in [6, 6.07) is 5.39. The molecular weight excluding hydrogens is 260 g/mol. The molecule has 4 heteroatoms. The van der Waals surface area contributed by atoms with Crippen molar-refractivity contribution in [1.82, 2.24) is 15.2 Å². The topological polar surface area (TPSA) is 31.4 Å². The van der Waals surface area contributed by atoms with Crippen molar-refractivity contribution in [1.29, 1.82) is 0 Å². The maximum absolute atomic E-state index is 4.73. The lowest BCUT2D eigenvalue weighted by Gasteiger charge is -2.29. The zero-order valence-electron chi connectivity index (χ0n) is 13.4. The molecule has 2 aliphatic heterocycles. The smallest absolute Gasteiger partial charge is 0.133 e. The zero-order chi connectivity index (χ0) is 14.7. The van der Waals surface area contributed by atoms with Crippen LogP contribution < -0.4 is 10.2 Å². The number of rotatable bonds is 4. The molecule has 1 aromatic heterocycles. The van der Waals surface area contributed by atoms with Gasteiger partial charge in [0.1, 0.15) is 5.82 Å². The van der Waals surface area contributed by atoms with Gasteiger partial charge in [0.25, 0.3) is 0 Å². The fourth-order valence-corrected chi connectivity index (χ4v) is 3.83. The highest BCUT2D eigenvalue weighted by molar-refractivity contribution is 5.48. The second-order valence-corrected chi connectivity index (χ2v) is 6.33. The molecule has 2 aliphatic rings. The number of pyridine rings is 1. The molecule has 2 atom stereocenters. The van der Waals surface area contributed by atoms with Crippen LogP contribution in [0.15, 0.2) is 18.3 Å². The summed E-state index contributed by atoms with van der Waals surface area (Å²) >= 11 is 0. The highest BCUT2D eigenvalue weighted by atomic mass is 15.3. The monoisotopic (exact) mass is 288 g/mol. The van der Waals surface area contributed by atoms with Gasteiger partial charge in [-0.3, -0.25) is 4.90 Å². The maximum Gasteiger partial charge on any atom is 0.133 e. The van der Waals surface area contributed by atoms with E-state index in [1.165, 1.54) is 43.7 Å². The number of nitrogens with zero attached hydrogens (tertiary/aromatic N) is 3. The summed E-state index contributed by atoms with van der Waals surface area (Å²) < 4.78 is 0. The van der Waals surface area contributed by atoms with Gasteiger partial charge in [0.2, 0.25) is 0 Å². The Morgan fingerprint density at radius 3 is 3.05 bits per heavy atom. The number of aromatic nitrogens is 1. The van der Waals surface area contributed by atoms with E-state index in [1.54, 1.807) is 0 Å². The van der Waals surface area contributed by atoms with Crippen LogP contribution in [-0.2, 0) is 0 Å². The third kappa shape index (κ3) is 3.22. The van der Waals surface area contributed by atoms with Crippen LogP contribution >= 0.6 is 0 Å². The first-order valence-corrected chi connectivity index (χ1v) is 8.47. The van der Waals surface area contributed by atoms with Crippen molar-refractivity contribution < 1.29 is 0 Å². The molecule has 0 aromatic carbocycles. The Morgan fingerprint density at radius 1 is 1.33 bits per heavy atom. The summed E-state index contributed by atoms with van der Waals surface area (Å²) in [4.78, 5) is 9.93. The average molecular weight is 288 g/mol. The normalized spacial score (nSPS) is 24.7. The molecule has 0 bridgehead atoms. The lowest BCUT2D eigenvalue weighted by Crippen LogP contribution is -2.37. The minimum atomic E-state index is 0.363. The van der Waals surface area contributed by atoms with Crippen molar-refractivity contribution in [2.24, 2.45) is 0 Å². The summed E-state index contributed by atoms with van der Waals surface area (Å²) in [5.41, 5.74) is 1.34. The van der Waals surface area contributed by atoms with Crippen molar-refractivity contribution in [3.63, 3.8) is 0 Å². The van der Waals surface area contributed by atoms with Gasteiger partial charge in [0, 0.05) is 43.5 Å². The summed E-state index contributed by atoms with van der Waals surface area (Å²) in [7, 11) is 0. The number of hydrogen-bond acceptors (Lipinski definition) is 4. The Kier molecular flexibility index (Phi) is 4.76. The highest BCUT2D eigenvalue weighted by Crippen LogP contribution is 2.28. The molecule has 0 aliphatic carbocycles. The van der Waals surface area contributed by atoms with Crippen LogP contribution in [0.3, 0.4) is 0 Å². The minimum Gasteiger partial charge on any atom is -0.355 e. The molecule has 2 fully saturated rings. The molecule has 116 valence electrons. The maximum atomic E-state index is 4.73. The number of hydrogen-bond donors (Lipinski definition) is 1. The van der Waals surface area contributed by atoms with Crippen molar-refractivity contribution in [3.8, 4) is 0 Å². The molecule has 2 unspecified atom stereocenters. The summed E-state index contributed by atoms with van der Waals surface area (Å²) in [6.07, 6.45) is 5.90. The van der Waals surface area contributed by atoms with E-state index < -0.39 is 0 Å². The minimum absolute atomic E-state index is 0.363. The van der Waals surface area contributed by atoms with E-state index >= 15 is 0 Å². The van der Waals surface area contributed by atoms with Crippen molar-refractivity contribution in [2.75, 3.05) is 37.6 Å². The molecule has 3 rings (SSSR count). The van der Waals surface area contributed by atoms with Gasteiger partial charge in [-0.15, -0.1) is 0 Å². The fraction of sp³-hybridized carbons (Fsp3) is 0.706. The van der Waals surface area contributed by atoms with Gasteiger partial charge in [0.15, 0.2) is 0 Å². The first-order valence-electron chi connectivity index (χ1n) is 8.47. The largest absolute Gasteiger partial charge is 0.355 e. The molecule has 0 amide bonds. The summed E-state index contributed by atoms with van der Waals surface area (Å²) in [5, 5.41) is 3.53. The van der Waals surface area contributed by atoms with Crippen LogP contribution in [0.5, 0.6) is 0 Å². The van der Waals surface area contributed by atoms with Crippen molar-refractivity contribution in [3.05, 3.63) is 23.9 Å². The highest BCUT2D eigenvalue weighted by Gasteiger charge is 2.30. The molecule has 21 heavy (non-hydrogen) atoms. The van der Waals surface area contributed by atoms with Gasteiger partial charge in [-0.1, -0.05) is 13.0 Å².